The van der Waals surface area contributed by atoms with Gasteiger partial charge in [-0.3, -0.25) is 10.1 Å². The predicted molar refractivity (Wildman–Crippen MR) is 63.5 cm³/mol. The molecule has 4 heteroatoms. The second kappa shape index (κ2) is 3.34. The van der Waals surface area contributed by atoms with Gasteiger partial charge in [0.25, 0.3) is 5.91 Å². The highest BCUT2D eigenvalue weighted by Gasteiger charge is 2.41. The van der Waals surface area contributed by atoms with Crippen LogP contribution < -0.4 is 5.32 Å². The molecule has 0 bridgehead atoms. The summed E-state index contributed by atoms with van der Waals surface area (Å²) >= 11 is 0. The van der Waals surface area contributed by atoms with Gasteiger partial charge in [0.15, 0.2) is 6.10 Å². The van der Waals surface area contributed by atoms with Gasteiger partial charge in [-0.05, 0) is 19.1 Å². The molecule has 17 heavy (non-hydrogen) atoms. The normalized spacial score (nSPS) is 26.2. The number of hydrogen-bond donors (Lipinski definition) is 1. The van der Waals surface area contributed by atoms with Crippen LogP contribution in [0.1, 0.15) is 11.1 Å². The van der Waals surface area contributed by atoms with Gasteiger partial charge in [0.2, 0.25) is 0 Å². The molecule has 2 heterocycles. The van der Waals surface area contributed by atoms with Crippen LogP contribution in [0.5, 0.6) is 0 Å². The minimum absolute atomic E-state index is 0.299. The van der Waals surface area contributed by atoms with Crippen LogP contribution in [0.15, 0.2) is 24.4 Å². The SMILES string of the molecule is Cc1ccc2c(c1)C1=CN(C)C(=O)C(O)C1[N]2. The first-order chi connectivity index (χ1) is 8.08. The number of carbonyl (C=O) groups is 1. The number of aryl methyl sites for hydroxylation is 1. The molecule has 4 nitrogen and oxygen atoms in total. The summed E-state index contributed by atoms with van der Waals surface area (Å²) in [5, 5.41) is 14.3. The Labute approximate surface area is 99.6 Å². The first kappa shape index (κ1) is 10.4. The maximum absolute atomic E-state index is 11.7. The van der Waals surface area contributed by atoms with E-state index in [0.29, 0.717) is 0 Å². The summed E-state index contributed by atoms with van der Waals surface area (Å²) in [6.07, 6.45) is 0.710. The van der Waals surface area contributed by atoms with Gasteiger partial charge in [-0.15, -0.1) is 0 Å². The number of likely N-dealkylation sites (N-methyl/N-ethyl adjacent to an activating group) is 1. The van der Waals surface area contributed by atoms with Gasteiger partial charge in [-0.1, -0.05) is 11.6 Å². The molecule has 2 aliphatic rings. The van der Waals surface area contributed by atoms with E-state index >= 15 is 0 Å². The molecule has 87 valence electrons. The Kier molecular flexibility index (Phi) is 2.03. The summed E-state index contributed by atoms with van der Waals surface area (Å²) in [6, 6.07) is 5.52. The highest BCUT2D eigenvalue weighted by atomic mass is 16.3. The molecule has 0 saturated carbocycles. The molecule has 1 amide bonds. The van der Waals surface area contributed by atoms with Crippen molar-refractivity contribution in [2.24, 2.45) is 0 Å². The number of nitrogens with zero attached hydrogens (tertiary/aromatic N) is 2. The van der Waals surface area contributed by atoms with Crippen LogP contribution in [0.3, 0.4) is 0 Å². The third kappa shape index (κ3) is 1.37. The Morgan fingerprint density at radius 3 is 2.94 bits per heavy atom. The molecular weight excluding hydrogens is 216 g/mol. The Morgan fingerprint density at radius 1 is 1.41 bits per heavy atom. The molecule has 2 atom stereocenters. The Bertz CT molecular complexity index is 536. The zero-order valence-corrected chi connectivity index (χ0v) is 9.71. The summed E-state index contributed by atoms with van der Waals surface area (Å²) < 4.78 is 0. The van der Waals surface area contributed by atoms with Crippen molar-refractivity contribution in [3.05, 3.63) is 35.5 Å². The van der Waals surface area contributed by atoms with Crippen LogP contribution in [0.2, 0.25) is 0 Å². The fraction of sp³-hybridized carbons (Fsp3) is 0.308. The number of rotatable bonds is 0. The van der Waals surface area contributed by atoms with E-state index in [1.807, 2.05) is 25.1 Å². The van der Waals surface area contributed by atoms with Gasteiger partial charge in [0, 0.05) is 24.4 Å². The first-order valence-corrected chi connectivity index (χ1v) is 5.56. The number of hydrogen-bond acceptors (Lipinski definition) is 2. The molecule has 1 aromatic carbocycles. The van der Waals surface area contributed by atoms with Crippen molar-refractivity contribution in [2.75, 3.05) is 7.05 Å². The number of aliphatic hydroxyl groups excluding tert-OH is 1. The number of benzene rings is 1. The molecule has 1 aromatic rings. The van der Waals surface area contributed by atoms with Crippen LogP contribution in [0.25, 0.3) is 5.57 Å². The predicted octanol–water partition coefficient (Wildman–Crippen LogP) is 0.787. The van der Waals surface area contributed by atoms with Crippen molar-refractivity contribution < 1.29 is 9.90 Å². The van der Waals surface area contributed by atoms with Crippen molar-refractivity contribution in [3.8, 4) is 0 Å². The second-order valence-electron chi connectivity index (χ2n) is 4.57. The van der Waals surface area contributed by atoms with Crippen molar-refractivity contribution in [1.29, 1.82) is 0 Å². The van der Waals surface area contributed by atoms with Gasteiger partial charge in [0.1, 0.15) is 6.04 Å². The lowest BCUT2D eigenvalue weighted by Crippen LogP contribution is -2.46. The molecule has 1 N–H and O–H groups in total. The molecule has 3 rings (SSSR count). The van der Waals surface area contributed by atoms with Crippen molar-refractivity contribution >= 4 is 17.2 Å². The van der Waals surface area contributed by atoms with E-state index in [4.69, 9.17) is 0 Å². The maximum atomic E-state index is 11.7. The molecule has 2 unspecified atom stereocenters. The van der Waals surface area contributed by atoms with Gasteiger partial charge >= 0.3 is 0 Å². The smallest absolute Gasteiger partial charge is 0.257 e. The lowest BCUT2D eigenvalue weighted by molar-refractivity contribution is -0.137. The molecule has 0 spiro atoms. The number of fused-ring (bicyclic) bond motifs is 3. The average Bonchev–Trinajstić information content (AvgIpc) is 2.65. The number of carbonyl (C=O) groups excluding carboxylic acids is 1. The number of amides is 1. The van der Waals surface area contributed by atoms with E-state index in [1.54, 1.807) is 13.2 Å². The summed E-state index contributed by atoms with van der Waals surface area (Å²) in [5.41, 5.74) is 3.95. The molecular formula is C13H13N2O2. The van der Waals surface area contributed by atoms with E-state index < -0.39 is 12.1 Å². The monoisotopic (exact) mass is 229 g/mol. The summed E-state index contributed by atoms with van der Waals surface area (Å²) in [4.78, 5) is 13.1. The lowest BCUT2D eigenvalue weighted by Gasteiger charge is -2.28. The molecule has 0 fully saturated rings. The van der Waals surface area contributed by atoms with Crippen LogP contribution >= 0.6 is 0 Å². The Morgan fingerprint density at radius 2 is 2.18 bits per heavy atom. The maximum Gasteiger partial charge on any atom is 0.257 e. The molecule has 0 saturated heterocycles. The van der Waals surface area contributed by atoms with Crippen molar-refractivity contribution in [2.45, 2.75) is 19.1 Å². The summed E-state index contributed by atoms with van der Waals surface area (Å²) in [7, 11) is 1.66. The minimum Gasteiger partial charge on any atom is -0.381 e. The Hall–Kier alpha value is -1.81. The molecule has 2 aliphatic heterocycles. The minimum atomic E-state index is -1.06. The van der Waals surface area contributed by atoms with E-state index in [-0.39, 0.29) is 5.91 Å². The zero-order chi connectivity index (χ0) is 12.2. The van der Waals surface area contributed by atoms with Gasteiger partial charge in [-0.2, -0.15) is 0 Å². The highest BCUT2D eigenvalue weighted by Crippen LogP contribution is 2.39. The van der Waals surface area contributed by atoms with Gasteiger partial charge < -0.3 is 10.0 Å². The average molecular weight is 229 g/mol. The molecule has 0 aromatic heterocycles. The number of aliphatic hydroxyl groups is 1. The zero-order valence-electron chi connectivity index (χ0n) is 9.71. The van der Waals surface area contributed by atoms with Gasteiger partial charge in [-0.25, -0.2) is 0 Å². The van der Waals surface area contributed by atoms with E-state index in [9.17, 15) is 9.90 Å². The van der Waals surface area contributed by atoms with Crippen molar-refractivity contribution in [1.82, 2.24) is 10.2 Å². The fourth-order valence-electron chi connectivity index (χ4n) is 2.37. The topological polar surface area (TPSA) is 54.6 Å². The second-order valence-corrected chi connectivity index (χ2v) is 4.57. The van der Waals surface area contributed by atoms with Crippen LogP contribution in [-0.2, 0) is 4.79 Å². The lowest BCUT2D eigenvalue weighted by atomic mass is 9.95. The van der Waals surface area contributed by atoms with Gasteiger partial charge in [0.05, 0.1) is 5.69 Å². The quantitative estimate of drug-likeness (QED) is 0.715. The molecule has 1 radical (unpaired) electrons. The van der Waals surface area contributed by atoms with Crippen molar-refractivity contribution in [3.63, 3.8) is 0 Å². The Balaban J connectivity index is 2.14. The summed E-state index contributed by atoms with van der Waals surface area (Å²) in [5.74, 6) is -0.299. The van der Waals surface area contributed by atoms with Crippen LogP contribution in [0.4, 0.5) is 5.69 Å². The third-order valence-electron chi connectivity index (χ3n) is 3.29. The summed E-state index contributed by atoms with van der Waals surface area (Å²) in [6.45, 7) is 2.02. The molecule has 0 aliphatic carbocycles. The van der Waals surface area contributed by atoms with E-state index in [1.165, 1.54) is 4.90 Å². The van der Waals surface area contributed by atoms with E-state index in [0.717, 1.165) is 22.4 Å². The third-order valence-corrected chi connectivity index (χ3v) is 3.29. The fourth-order valence-corrected chi connectivity index (χ4v) is 2.37. The first-order valence-electron chi connectivity index (χ1n) is 5.56. The van der Waals surface area contributed by atoms with Crippen LogP contribution in [0, 0.1) is 6.92 Å². The van der Waals surface area contributed by atoms with E-state index in [2.05, 4.69) is 5.32 Å². The van der Waals surface area contributed by atoms with Crippen LogP contribution in [-0.4, -0.2) is 35.1 Å². The highest BCUT2D eigenvalue weighted by molar-refractivity contribution is 5.95. The standard InChI is InChI=1S/C13H13N2O2/c1-7-3-4-10-8(5-7)9-6-15(2)13(17)12(16)11(9)14-10/h3-6,11-12,16H,1-2H3. The largest absolute Gasteiger partial charge is 0.381 e.